The first-order valence-corrected chi connectivity index (χ1v) is 7.12. The van der Waals surface area contributed by atoms with Crippen LogP contribution in [0.4, 0.5) is 5.69 Å². The van der Waals surface area contributed by atoms with Crippen molar-refractivity contribution >= 4 is 11.6 Å². The summed E-state index contributed by atoms with van der Waals surface area (Å²) in [6.45, 7) is 4.49. The minimum absolute atomic E-state index is 0.194. The molecule has 1 N–H and O–H groups in total. The number of aromatic nitrogens is 3. The minimum atomic E-state index is -0.348. The molecule has 0 bridgehead atoms. The lowest BCUT2D eigenvalue weighted by molar-refractivity contribution is 0.102. The van der Waals surface area contributed by atoms with E-state index in [0.717, 1.165) is 0 Å². The van der Waals surface area contributed by atoms with Crippen LogP contribution in [-0.2, 0) is 0 Å². The molecular weight excluding hydrogens is 300 g/mol. The molecule has 0 aliphatic carbocycles. The Labute approximate surface area is 133 Å². The zero-order valence-electron chi connectivity index (χ0n) is 13.2. The zero-order valence-corrected chi connectivity index (χ0v) is 13.2. The lowest BCUT2D eigenvalue weighted by atomic mass is 10.2. The molecule has 0 radical (unpaired) electrons. The summed E-state index contributed by atoms with van der Waals surface area (Å²) in [5.74, 6) is 0.255. The number of hydrogen-bond donors (Lipinski definition) is 1. The van der Waals surface area contributed by atoms with Gasteiger partial charge in [-0.25, -0.2) is 9.97 Å². The van der Waals surface area contributed by atoms with Gasteiger partial charge in [0, 0.05) is 17.8 Å². The van der Waals surface area contributed by atoms with Gasteiger partial charge in [-0.2, -0.15) is 4.98 Å². The summed E-state index contributed by atoms with van der Waals surface area (Å²) in [4.78, 5) is 24.4. The molecule has 122 valence electrons. The van der Waals surface area contributed by atoms with E-state index in [2.05, 4.69) is 20.3 Å². The van der Waals surface area contributed by atoms with E-state index < -0.39 is 0 Å². The first-order valence-electron chi connectivity index (χ1n) is 7.12. The van der Waals surface area contributed by atoms with Gasteiger partial charge >= 0.3 is 6.01 Å². The molecule has 23 heavy (non-hydrogen) atoms. The van der Waals surface area contributed by atoms with Crippen LogP contribution in [0.2, 0.25) is 0 Å². The summed E-state index contributed by atoms with van der Waals surface area (Å²) in [7, 11) is 1.48. The molecule has 8 heteroatoms. The smallest absolute Gasteiger partial charge is 0.319 e. The van der Waals surface area contributed by atoms with Gasteiger partial charge < -0.3 is 19.5 Å². The Morgan fingerprint density at radius 3 is 2.70 bits per heavy atom. The lowest BCUT2D eigenvalue weighted by Crippen LogP contribution is -2.14. The lowest BCUT2D eigenvalue weighted by Gasteiger charge is -2.11. The van der Waals surface area contributed by atoms with Crippen LogP contribution in [0.25, 0.3) is 0 Å². The standard InChI is InChI=1S/C15H18N4O4/c1-4-22-14-11(9-17-15(19-14)23-5-2)18-13(20)10-6-7-16-12(8-10)21-3/h6-9H,4-5H2,1-3H3,(H,18,20). The average Bonchev–Trinajstić information content (AvgIpc) is 2.57. The fraction of sp³-hybridized carbons (Fsp3) is 0.333. The highest BCUT2D eigenvalue weighted by molar-refractivity contribution is 6.04. The van der Waals surface area contributed by atoms with Gasteiger partial charge in [0.2, 0.25) is 11.8 Å². The van der Waals surface area contributed by atoms with E-state index >= 15 is 0 Å². The van der Waals surface area contributed by atoms with E-state index in [4.69, 9.17) is 14.2 Å². The molecule has 0 fully saturated rings. The van der Waals surface area contributed by atoms with E-state index in [0.29, 0.717) is 30.3 Å². The third-order valence-corrected chi connectivity index (χ3v) is 2.74. The molecule has 0 spiro atoms. The molecule has 2 heterocycles. The molecule has 0 aromatic carbocycles. The van der Waals surface area contributed by atoms with Gasteiger partial charge in [0.25, 0.3) is 5.91 Å². The maximum atomic E-state index is 12.3. The fourth-order valence-electron chi connectivity index (χ4n) is 1.74. The Balaban J connectivity index is 2.22. The number of amides is 1. The van der Waals surface area contributed by atoms with Crippen LogP contribution in [0.1, 0.15) is 24.2 Å². The van der Waals surface area contributed by atoms with Crippen LogP contribution in [-0.4, -0.2) is 41.2 Å². The van der Waals surface area contributed by atoms with Gasteiger partial charge in [-0.15, -0.1) is 0 Å². The summed E-state index contributed by atoms with van der Waals surface area (Å²) in [6, 6.07) is 3.30. The number of hydrogen-bond acceptors (Lipinski definition) is 7. The number of ether oxygens (including phenoxy) is 3. The van der Waals surface area contributed by atoms with E-state index in [1.807, 2.05) is 13.8 Å². The summed E-state index contributed by atoms with van der Waals surface area (Å²) in [5.41, 5.74) is 0.754. The Kier molecular flexibility index (Phi) is 5.67. The second kappa shape index (κ2) is 7.92. The Bertz CT molecular complexity index is 678. The van der Waals surface area contributed by atoms with Gasteiger partial charge in [0.1, 0.15) is 5.69 Å². The number of anilines is 1. The summed E-state index contributed by atoms with van der Waals surface area (Å²) in [6.07, 6.45) is 2.94. The number of methoxy groups -OCH3 is 1. The average molecular weight is 318 g/mol. The van der Waals surface area contributed by atoms with Crippen molar-refractivity contribution in [2.45, 2.75) is 13.8 Å². The van der Waals surface area contributed by atoms with Crippen LogP contribution >= 0.6 is 0 Å². The van der Waals surface area contributed by atoms with Crippen LogP contribution < -0.4 is 19.5 Å². The van der Waals surface area contributed by atoms with Gasteiger partial charge in [0.15, 0.2) is 0 Å². The topological polar surface area (TPSA) is 95.5 Å². The SMILES string of the molecule is CCOc1ncc(NC(=O)c2ccnc(OC)c2)c(OCC)n1. The maximum absolute atomic E-state index is 12.3. The Morgan fingerprint density at radius 2 is 2.00 bits per heavy atom. The highest BCUT2D eigenvalue weighted by atomic mass is 16.5. The van der Waals surface area contributed by atoms with Gasteiger partial charge in [-0.1, -0.05) is 0 Å². The fourth-order valence-corrected chi connectivity index (χ4v) is 1.74. The van der Waals surface area contributed by atoms with Crippen LogP contribution in [0.3, 0.4) is 0 Å². The van der Waals surface area contributed by atoms with Crippen molar-refractivity contribution < 1.29 is 19.0 Å². The highest BCUT2D eigenvalue weighted by Gasteiger charge is 2.14. The first kappa shape index (κ1) is 16.5. The van der Waals surface area contributed by atoms with Crippen molar-refractivity contribution in [1.29, 1.82) is 0 Å². The zero-order chi connectivity index (χ0) is 16.7. The molecule has 0 saturated carbocycles. The van der Waals surface area contributed by atoms with E-state index in [1.54, 1.807) is 6.07 Å². The molecule has 0 aliphatic heterocycles. The van der Waals surface area contributed by atoms with Crippen molar-refractivity contribution in [3.8, 4) is 17.8 Å². The van der Waals surface area contributed by atoms with Crippen molar-refractivity contribution in [2.75, 3.05) is 25.6 Å². The van der Waals surface area contributed by atoms with E-state index in [-0.39, 0.29) is 17.8 Å². The Morgan fingerprint density at radius 1 is 1.22 bits per heavy atom. The quantitative estimate of drug-likeness (QED) is 0.833. The second-order valence-electron chi connectivity index (χ2n) is 4.28. The number of nitrogens with one attached hydrogen (secondary N) is 1. The van der Waals surface area contributed by atoms with Crippen LogP contribution in [0.5, 0.6) is 17.8 Å². The first-order chi connectivity index (χ1) is 11.2. The van der Waals surface area contributed by atoms with E-state index in [1.165, 1.54) is 25.6 Å². The van der Waals surface area contributed by atoms with Crippen molar-refractivity contribution in [2.24, 2.45) is 0 Å². The summed E-state index contributed by atoms with van der Waals surface area (Å²) >= 11 is 0. The van der Waals surface area contributed by atoms with Gasteiger partial charge in [-0.3, -0.25) is 4.79 Å². The molecule has 0 aliphatic rings. The maximum Gasteiger partial charge on any atom is 0.319 e. The normalized spacial score (nSPS) is 10.0. The summed E-state index contributed by atoms with van der Waals surface area (Å²) in [5, 5.41) is 2.70. The molecule has 0 atom stereocenters. The molecule has 2 rings (SSSR count). The molecule has 2 aromatic rings. The third-order valence-electron chi connectivity index (χ3n) is 2.74. The Hall–Kier alpha value is -2.90. The molecule has 8 nitrogen and oxygen atoms in total. The van der Waals surface area contributed by atoms with Crippen molar-refractivity contribution in [1.82, 2.24) is 15.0 Å². The number of pyridine rings is 1. The monoisotopic (exact) mass is 318 g/mol. The number of carbonyl (C=O) groups is 1. The molecule has 0 saturated heterocycles. The predicted octanol–water partition coefficient (Wildman–Crippen LogP) is 1.93. The van der Waals surface area contributed by atoms with Gasteiger partial charge in [-0.05, 0) is 19.9 Å². The molecule has 0 unspecified atom stereocenters. The van der Waals surface area contributed by atoms with Crippen LogP contribution in [0, 0.1) is 0 Å². The largest absolute Gasteiger partial charge is 0.481 e. The minimum Gasteiger partial charge on any atom is -0.481 e. The molecular formula is C15H18N4O4. The third kappa shape index (κ3) is 4.29. The number of nitrogens with zero attached hydrogens (tertiary/aromatic N) is 3. The number of carbonyl (C=O) groups excluding carboxylic acids is 1. The van der Waals surface area contributed by atoms with Gasteiger partial charge in [0.05, 0.1) is 26.5 Å². The number of rotatable bonds is 7. The van der Waals surface area contributed by atoms with Crippen LogP contribution in [0.15, 0.2) is 24.5 Å². The summed E-state index contributed by atoms with van der Waals surface area (Å²) < 4.78 is 15.7. The van der Waals surface area contributed by atoms with Crippen molar-refractivity contribution in [3.63, 3.8) is 0 Å². The molecule has 2 aromatic heterocycles. The highest BCUT2D eigenvalue weighted by Crippen LogP contribution is 2.24. The molecule has 1 amide bonds. The van der Waals surface area contributed by atoms with Crippen molar-refractivity contribution in [3.05, 3.63) is 30.1 Å². The second-order valence-corrected chi connectivity index (χ2v) is 4.28. The van der Waals surface area contributed by atoms with E-state index in [9.17, 15) is 4.79 Å². The predicted molar refractivity (Wildman–Crippen MR) is 83.1 cm³/mol.